The zero-order valence-electron chi connectivity index (χ0n) is 16.7. The summed E-state index contributed by atoms with van der Waals surface area (Å²) in [6.45, 7) is 3.43. The van der Waals surface area contributed by atoms with Crippen molar-refractivity contribution >= 4 is 51.9 Å². The van der Waals surface area contributed by atoms with Gasteiger partial charge in [0.15, 0.2) is 0 Å². The zero-order chi connectivity index (χ0) is 21.5. The van der Waals surface area contributed by atoms with E-state index in [2.05, 4.69) is 0 Å². The minimum atomic E-state index is -0.0914. The molecule has 0 N–H and O–H groups in total. The molecule has 0 saturated carbocycles. The highest BCUT2D eigenvalue weighted by Gasteiger charge is 2.30. The van der Waals surface area contributed by atoms with Gasteiger partial charge in [-0.1, -0.05) is 35.6 Å². The summed E-state index contributed by atoms with van der Waals surface area (Å²) < 4.78 is 17.3. The van der Waals surface area contributed by atoms with Crippen molar-refractivity contribution < 1.29 is 19.0 Å². The van der Waals surface area contributed by atoms with Gasteiger partial charge in [0.05, 0.1) is 25.2 Å². The zero-order valence-corrected chi connectivity index (χ0v) is 19.1. The van der Waals surface area contributed by atoms with E-state index in [1.54, 1.807) is 36.3 Å². The molecule has 1 heterocycles. The number of hydrogen-bond donors (Lipinski definition) is 0. The van der Waals surface area contributed by atoms with E-state index in [1.165, 1.54) is 11.8 Å². The Hall–Kier alpha value is -2.22. The van der Waals surface area contributed by atoms with Crippen molar-refractivity contribution in [3.8, 4) is 17.2 Å². The average Bonchev–Trinajstić information content (AvgIpc) is 3.01. The predicted octanol–water partition coefficient (Wildman–Crippen LogP) is 5.42. The number of carbonyl (C=O) groups excluding carboxylic acids is 1. The molecule has 1 fully saturated rings. The second-order valence-electron chi connectivity index (χ2n) is 6.33. The van der Waals surface area contributed by atoms with Gasteiger partial charge >= 0.3 is 0 Å². The Labute approximate surface area is 190 Å². The monoisotopic (exact) mass is 463 g/mol. The van der Waals surface area contributed by atoms with Crippen molar-refractivity contribution in [3.63, 3.8) is 0 Å². The molecule has 8 heteroatoms. The summed E-state index contributed by atoms with van der Waals surface area (Å²) >= 11 is 12.7. The van der Waals surface area contributed by atoms with Crippen LogP contribution in [0.5, 0.6) is 17.2 Å². The van der Waals surface area contributed by atoms with E-state index >= 15 is 0 Å². The maximum Gasteiger partial charge on any atom is 0.266 e. The third-order valence-electron chi connectivity index (χ3n) is 4.32. The van der Waals surface area contributed by atoms with Crippen LogP contribution < -0.4 is 14.2 Å². The first-order valence-corrected chi connectivity index (χ1v) is 11.1. The third-order valence-corrected chi connectivity index (χ3v) is 5.94. The van der Waals surface area contributed by atoms with Gasteiger partial charge in [0.2, 0.25) is 0 Å². The molecular formula is C22H22ClNO4S2. The molecule has 2 aromatic rings. The SMILES string of the molecule is CCN1C(=O)C(=Cc2cc(Cl)ccc2OCCCOc2ccc(OC)cc2)SC1=S. The number of thioether (sulfide) groups is 1. The van der Waals surface area contributed by atoms with E-state index in [0.717, 1.165) is 17.1 Å². The van der Waals surface area contributed by atoms with Crippen LogP contribution in [-0.2, 0) is 4.79 Å². The lowest BCUT2D eigenvalue weighted by atomic mass is 10.2. The molecule has 0 bridgehead atoms. The highest BCUT2D eigenvalue weighted by atomic mass is 35.5. The first-order chi connectivity index (χ1) is 14.5. The Balaban J connectivity index is 1.58. The number of benzene rings is 2. The van der Waals surface area contributed by atoms with Crippen LogP contribution in [0.2, 0.25) is 5.02 Å². The van der Waals surface area contributed by atoms with Gasteiger partial charge < -0.3 is 14.2 Å². The third kappa shape index (κ3) is 5.68. The van der Waals surface area contributed by atoms with Crippen LogP contribution in [0.3, 0.4) is 0 Å². The number of nitrogens with zero attached hydrogens (tertiary/aromatic N) is 1. The van der Waals surface area contributed by atoms with Crippen molar-refractivity contribution in [2.75, 3.05) is 26.9 Å². The summed E-state index contributed by atoms with van der Waals surface area (Å²) in [7, 11) is 1.63. The van der Waals surface area contributed by atoms with Crippen LogP contribution in [0.15, 0.2) is 47.4 Å². The average molecular weight is 464 g/mol. The quantitative estimate of drug-likeness (QED) is 0.281. The van der Waals surface area contributed by atoms with E-state index < -0.39 is 0 Å². The van der Waals surface area contributed by atoms with Crippen LogP contribution in [0.4, 0.5) is 0 Å². The normalized spacial score (nSPS) is 15.0. The topological polar surface area (TPSA) is 48.0 Å². The van der Waals surface area contributed by atoms with Crippen LogP contribution >= 0.6 is 35.6 Å². The van der Waals surface area contributed by atoms with Crippen molar-refractivity contribution in [2.24, 2.45) is 0 Å². The number of thiocarbonyl (C=S) groups is 1. The summed E-state index contributed by atoms with van der Waals surface area (Å²) in [5, 5.41) is 0.572. The molecular weight excluding hydrogens is 442 g/mol. The molecule has 3 rings (SSSR count). The van der Waals surface area contributed by atoms with Crippen LogP contribution in [-0.4, -0.2) is 42.0 Å². The summed E-state index contributed by atoms with van der Waals surface area (Å²) in [5.41, 5.74) is 0.746. The Morgan fingerprint density at radius 1 is 1.10 bits per heavy atom. The van der Waals surface area contributed by atoms with Gasteiger partial charge in [-0.2, -0.15) is 0 Å². The smallest absolute Gasteiger partial charge is 0.266 e. The van der Waals surface area contributed by atoms with Crippen molar-refractivity contribution in [2.45, 2.75) is 13.3 Å². The molecule has 0 atom stereocenters. The fraction of sp³-hybridized carbons (Fsp3) is 0.273. The largest absolute Gasteiger partial charge is 0.497 e. The molecule has 1 saturated heterocycles. The van der Waals surface area contributed by atoms with E-state index in [0.29, 0.717) is 46.2 Å². The van der Waals surface area contributed by atoms with Gasteiger partial charge in [0.1, 0.15) is 21.6 Å². The number of halogens is 1. The lowest BCUT2D eigenvalue weighted by Crippen LogP contribution is -2.27. The summed E-state index contributed by atoms with van der Waals surface area (Å²) in [5.74, 6) is 2.13. The van der Waals surface area contributed by atoms with Crippen molar-refractivity contribution in [1.29, 1.82) is 0 Å². The number of methoxy groups -OCH3 is 1. The van der Waals surface area contributed by atoms with Gasteiger partial charge in [0.25, 0.3) is 5.91 Å². The molecule has 158 valence electrons. The van der Waals surface area contributed by atoms with E-state index in [-0.39, 0.29) is 5.91 Å². The van der Waals surface area contributed by atoms with Gasteiger partial charge in [-0.05, 0) is 55.5 Å². The molecule has 5 nitrogen and oxygen atoms in total. The molecule has 0 unspecified atom stereocenters. The molecule has 1 aliphatic heterocycles. The lowest BCUT2D eigenvalue weighted by Gasteiger charge is -2.11. The van der Waals surface area contributed by atoms with E-state index in [1.807, 2.05) is 31.2 Å². The molecule has 0 radical (unpaired) electrons. The molecule has 30 heavy (non-hydrogen) atoms. The number of rotatable bonds is 9. The maximum atomic E-state index is 12.5. The van der Waals surface area contributed by atoms with Gasteiger partial charge in [-0.15, -0.1) is 0 Å². The van der Waals surface area contributed by atoms with E-state index in [4.69, 9.17) is 38.0 Å². The first kappa shape index (κ1) is 22.5. The first-order valence-electron chi connectivity index (χ1n) is 9.46. The predicted molar refractivity (Wildman–Crippen MR) is 126 cm³/mol. The molecule has 0 spiro atoms. The Morgan fingerprint density at radius 3 is 2.47 bits per heavy atom. The highest BCUT2D eigenvalue weighted by Crippen LogP contribution is 2.34. The molecule has 0 aliphatic carbocycles. The van der Waals surface area contributed by atoms with Crippen molar-refractivity contribution in [3.05, 3.63) is 58.0 Å². The minimum Gasteiger partial charge on any atom is -0.497 e. The van der Waals surface area contributed by atoms with Crippen molar-refractivity contribution in [1.82, 2.24) is 4.90 Å². The summed E-state index contributed by atoms with van der Waals surface area (Å²) in [4.78, 5) is 14.6. The Morgan fingerprint density at radius 2 is 1.80 bits per heavy atom. The number of ether oxygens (including phenoxy) is 3. The molecule has 2 aromatic carbocycles. The number of likely N-dealkylation sites (N-methyl/N-ethyl adjacent to an activating group) is 1. The second-order valence-corrected chi connectivity index (χ2v) is 8.45. The maximum absolute atomic E-state index is 12.5. The molecule has 1 amide bonds. The number of amides is 1. The number of carbonyl (C=O) groups is 1. The van der Waals surface area contributed by atoms with Crippen LogP contribution in [0.25, 0.3) is 6.08 Å². The van der Waals surface area contributed by atoms with E-state index in [9.17, 15) is 4.79 Å². The van der Waals surface area contributed by atoms with Crippen LogP contribution in [0, 0.1) is 0 Å². The second kappa shape index (κ2) is 10.7. The lowest BCUT2D eigenvalue weighted by molar-refractivity contribution is -0.121. The Bertz CT molecular complexity index is 947. The van der Waals surface area contributed by atoms with Gasteiger partial charge in [-0.3, -0.25) is 9.69 Å². The summed E-state index contributed by atoms with van der Waals surface area (Å²) in [6, 6.07) is 12.8. The number of hydrogen-bond acceptors (Lipinski definition) is 6. The fourth-order valence-electron chi connectivity index (χ4n) is 2.78. The van der Waals surface area contributed by atoms with Gasteiger partial charge in [0, 0.05) is 23.6 Å². The standard InChI is InChI=1S/C22H22ClNO4S2/c1-3-24-21(25)20(30-22(24)29)14-15-13-16(23)5-10-19(15)28-12-4-11-27-18-8-6-17(26-2)7-9-18/h5-10,13-14H,3-4,11-12H2,1-2H3. The highest BCUT2D eigenvalue weighted by molar-refractivity contribution is 8.26. The molecule has 0 aromatic heterocycles. The summed E-state index contributed by atoms with van der Waals surface area (Å²) in [6.07, 6.45) is 2.48. The fourth-order valence-corrected chi connectivity index (χ4v) is 4.34. The van der Waals surface area contributed by atoms with Gasteiger partial charge in [-0.25, -0.2) is 0 Å². The molecule has 1 aliphatic rings. The van der Waals surface area contributed by atoms with Crippen LogP contribution in [0.1, 0.15) is 18.9 Å². The minimum absolute atomic E-state index is 0.0914. The Kier molecular flexibility index (Phi) is 8.01.